The van der Waals surface area contributed by atoms with Gasteiger partial charge in [0.2, 0.25) is 0 Å². The summed E-state index contributed by atoms with van der Waals surface area (Å²) < 4.78 is 4.90. The molecule has 4 heteroatoms. The van der Waals surface area contributed by atoms with Crippen LogP contribution in [0, 0.1) is 0 Å². The molecule has 0 aliphatic heterocycles. The maximum atomic E-state index is 12.2. The van der Waals surface area contributed by atoms with Crippen LogP contribution in [0.4, 0.5) is 0 Å². The van der Waals surface area contributed by atoms with Gasteiger partial charge in [0.15, 0.2) is 5.78 Å². The monoisotopic (exact) mass is 274 g/mol. The molecule has 0 unspecified atom stereocenters. The highest BCUT2D eigenvalue weighted by molar-refractivity contribution is 6.35. The largest absolute Gasteiger partial charge is 0.427 e. The molecular formula is C15H11ClO3. The molecule has 0 saturated heterocycles. The van der Waals surface area contributed by atoms with Crippen LogP contribution in [0.5, 0.6) is 5.75 Å². The molecule has 96 valence electrons. The van der Waals surface area contributed by atoms with E-state index in [-0.39, 0.29) is 10.8 Å². The molecule has 0 atom stereocenters. The van der Waals surface area contributed by atoms with E-state index in [9.17, 15) is 9.59 Å². The fourth-order valence-electron chi connectivity index (χ4n) is 1.65. The van der Waals surface area contributed by atoms with Crippen LogP contribution in [0.25, 0.3) is 0 Å². The van der Waals surface area contributed by atoms with Crippen LogP contribution in [0.1, 0.15) is 22.8 Å². The Kier molecular flexibility index (Phi) is 3.97. The molecule has 0 spiro atoms. The number of carbonyl (C=O) groups excluding carboxylic acids is 2. The molecule has 2 aromatic rings. The Morgan fingerprint density at radius 2 is 1.74 bits per heavy atom. The van der Waals surface area contributed by atoms with Gasteiger partial charge in [-0.2, -0.15) is 0 Å². The van der Waals surface area contributed by atoms with Gasteiger partial charge in [0.25, 0.3) is 0 Å². The number of carbonyl (C=O) groups is 2. The SMILES string of the molecule is CC(=O)Oc1ccc(C(=O)c2ccccc2)c(Cl)c1. The van der Waals surface area contributed by atoms with Crippen molar-refractivity contribution in [2.75, 3.05) is 0 Å². The van der Waals surface area contributed by atoms with E-state index < -0.39 is 5.97 Å². The van der Waals surface area contributed by atoms with E-state index in [1.165, 1.54) is 13.0 Å². The van der Waals surface area contributed by atoms with Crippen LogP contribution >= 0.6 is 11.6 Å². The van der Waals surface area contributed by atoms with Crippen molar-refractivity contribution in [1.82, 2.24) is 0 Å². The summed E-state index contributed by atoms with van der Waals surface area (Å²) in [7, 11) is 0. The van der Waals surface area contributed by atoms with E-state index in [1.807, 2.05) is 6.07 Å². The molecule has 0 radical (unpaired) electrons. The first-order valence-corrected chi connectivity index (χ1v) is 6.03. The average molecular weight is 275 g/mol. The number of hydrogen-bond acceptors (Lipinski definition) is 3. The van der Waals surface area contributed by atoms with Gasteiger partial charge in [-0.15, -0.1) is 0 Å². The van der Waals surface area contributed by atoms with E-state index in [2.05, 4.69) is 0 Å². The van der Waals surface area contributed by atoms with Crippen molar-refractivity contribution in [3.8, 4) is 5.75 Å². The Labute approximate surface area is 115 Å². The molecule has 0 bridgehead atoms. The number of ether oxygens (including phenoxy) is 1. The highest BCUT2D eigenvalue weighted by atomic mass is 35.5. The summed E-state index contributed by atoms with van der Waals surface area (Å²) in [5.41, 5.74) is 0.938. The predicted molar refractivity (Wildman–Crippen MR) is 72.6 cm³/mol. The molecule has 0 aromatic heterocycles. The number of esters is 1. The zero-order valence-electron chi connectivity index (χ0n) is 10.2. The van der Waals surface area contributed by atoms with Gasteiger partial charge in [0, 0.05) is 24.1 Å². The quantitative estimate of drug-likeness (QED) is 0.489. The van der Waals surface area contributed by atoms with E-state index in [4.69, 9.17) is 16.3 Å². The number of ketones is 1. The number of hydrogen-bond donors (Lipinski definition) is 0. The first kappa shape index (κ1) is 13.3. The minimum absolute atomic E-state index is 0.167. The maximum absolute atomic E-state index is 12.2. The molecule has 0 heterocycles. The third kappa shape index (κ3) is 3.20. The fourth-order valence-corrected chi connectivity index (χ4v) is 1.91. The van der Waals surface area contributed by atoms with Crippen molar-refractivity contribution >= 4 is 23.4 Å². The van der Waals surface area contributed by atoms with Crippen LogP contribution in [-0.4, -0.2) is 11.8 Å². The van der Waals surface area contributed by atoms with Crippen LogP contribution in [0.3, 0.4) is 0 Å². The lowest BCUT2D eigenvalue weighted by molar-refractivity contribution is -0.131. The average Bonchev–Trinajstić information content (AvgIpc) is 2.38. The topological polar surface area (TPSA) is 43.4 Å². The summed E-state index contributed by atoms with van der Waals surface area (Å²) in [5.74, 6) is -0.278. The molecule has 0 N–H and O–H groups in total. The van der Waals surface area contributed by atoms with Crippen LogP contribution in [0.2, 0.25) is 5.02 Å². The lowest BCUT2D eigenvalue weighted by Gasteiger charge is -2.06. The standard InChI is InChI=1S/C15H11ClO3/c1-10(17)19-12-7-8-13(14(16)9-12)15(18)11-5-3-2-4-6-11/h2-9H,1H3. The zero-order valence-corrected chi connectivity index (χ0v) is 11.0. The highest BCUT2D eigenvalue weighted by Crippen LogP contribution is 2.24. The van der Waals surface area contributed by atoms with Crippen molar-refractivity contribution < 1.29 is 14.3 Å². The molecule has 0 saturated carbocycles. The van der Waals surface area contributed by atoms with Gasteiger partial charge in [0.05, 0.1) is 5.02 Å². The molecule has 0 fully saturated rings. The third-order valence-electron chi connectivity index (χ3n) is 2.48. The van der Waals surface area contributed by atoms with Crippen LogP contribution in [0.15, 0.2) is 48.5 Å². The van der Waals surface area contributed by atoms with Crippen molar-refractivity contribution in [2.45, 2.75) is 6.92 Å². The Bertz CT molecular complexity index is 621. The van der Waals surface area contributed by atoms with Crippen LogP contribution in [-0.2, 0) is 4.79 Å². The van der Waals surface area contributed by atoms with Gasteiger partial charge < -0.3 is 4.74 Å². The van der Waals surface area contributed by atoms with Gasteiger partial charge in [-0.25, -0.2) is 0 Å². The highest BCUT2D eigenvalue weighted by Gasteiger charge is 2.13. The van der Waals surface area contributed by atoms with E-state index in [0.717, 1.165) is 0 Å². The van der Waals surface area contributed by atoms with Gasteiger partial charge >= 0.3 is 5.97 Å². The number of benzene rings is 2. The Hall–Kier alpha value is -2.13. The van der Waals surface area contributed by atoms with Crippen molar-refractivity contribution in [1.29, 1.82) is 0 Å². The second-order valence-electron chi connectivity index (χ2n) is 3.93. The molecule has 19 heavy (non-hydrogen) atoms. The minimum Gasteiger partial charge on any atom is -0.427 e. The lowest BCUT2D eigenvalue weighted by atomic mass is 10.0. The fraction of sp³-hybridized carbons (Fsp3) is 0.0667. The summed E-state index contributed by atoms with van der Waals surface area (Å²) in [4.78, 5) is 23.0. The lowest BCUT2D eigenvalue weighted by Crippen LogP contribution is -2.04. The molecule has 2 rings (SSSR count). The first-order valence-electron chi connectivity index (χ1n) is 5.65. The van der Waals surface area contributed by atoms with E-state index >= 15 is 0 Å². The maximum Gasteiger partial charge on any atom is 0.308 e. The molecule has 2 aromatic carbocycles. The van der Waals surface area contributed by atoms with Gasteiger partial charge in [0.1, 0.15) is 5.75 Å². The Morgan fingerprint density at radius 1 is 1.05 bits per heavy atom. The second kappa shape index (κ2) is 5.67. The summed E-state index contributed by atoms with van der Waals surface area (Å²) >= 11 is 6.05. The van der Waals surface area contributed by atoms with Gasteiger partial charge in [-0.3, -0.25) is 9.59 Å². The number of rotatable bonds is 3. The van der Waals surface area contributed by atoms with E-state index in [0.29, 0.717) is 16.9 Å². The first-order chi connectivity index (χ1) is 9.08. The van der Waals surface area contributed by atoms with Crippen molar-refractivity contribution in [3.05, 3.63) is 64.7 Å². The summed E-state index contributed by atoms with van der Waals surface area (Å²) in [6.07, 6.45) is 0. The third-order valence-corrected chi connectivity index (χ3v) is 2.80. The molecular weight excluding hydrogens is 264 g/mol. The van der Waals surface area contributed by atoms with Crippen molar-refractivity contribution in [2.24, 2.45) is 0 Å². The molecule has 0 aliphatic rings. The number of halogens is 1. The van der Waals surface area contributed by atoms with Gasteiger partial charge in [-0.1, -0.05) is 41.9 Å². The Morgan fingerprint density at radius 3 is 2.32 bits per heavy atom. The zero-order chi connectivity index (χ0) is 13.8. The molecule has 3 nitrogen and oxygen atoms in total. The summed E-state index contributed by atoms with van der Waals surface area (Å²) in [5, 5.41) is 0.257. The molecule has 0 aliphatic carbocycles. The molecule has 0 amide bonds. The van der Waals surface area contributed by atoms with E-state index in [1.54, 1.807) is 36.4 Å². The normalized spacial score (nSPS) is 10.0. The Balaban J connectivity index is 2.31. The van der Waals surface area contributed by atoms with Gasteiger partial charge in [-0.05, 0) is 12.1 Å². The predicted octanol–water partition coefficient (Wildman–Crippen LogP) is 3.50. The van der Waals surface area contributed by atoms with Crippen LogP contribution < -0.4 is 4.74 Å². The second-order valence-corrected chi connectivity index (χ2v) is 4.34. The summed E-state index contributed by atoms with van der Waals surface area (Å²) in [6.45, 7) is 1.30. The summed E-state index contributed by atoms with van der Waals surface area (Å²) in [6, 6.07) is 13.4. The van der Waals surface area contributed by atoms with Crippen molar-refractivity contribution in [3.63, 3.8) is 0 Å². The smallest absolute Gasteiger partial charge is 0.308 e. The minimum atomic E-state index is -0.432.